The molecule has 1 aromatic heterocycles. The maximum Gasteiger partial charge on any atom is 0.458 e. The van der Waals surface area contributed by atoms with E-state index in [0.717, 1.165) is 6.07 Å². The predicted molar refractivity (Wildman–Crippen MR) is 40.3 cm³/mol. The lowest BCUT2D eigenvalue weighted by Crippen LogP contribution is -2.10. The monoisotopic (exact) mass is 207 g/mol. The molecule has 1 rings (SSSR count). The van der Waals surface area contributed by atoms with E-state index >= 15 is 0 Å². The molecule has 1 heterocycles. The number of nitro groups is 1. The van der Waals surface area contributed by atoms with Gasteiger partial charge in [0, 0.05) is 11.8 Å². The van der Waals surface area contributed by atoms with Crippen LogP contribution in [0.15, 0.2) is 12.1 Å². The van der Waals surface area contributed by atoms with Gasteiger partial charge < -0.3 is 15.8 Å². The molecule has 1 aromatic rings. The molecule has 76 valence electrons. The number of nitrogen functional groups attached to an aromatic ring is 1. The number of pyridine rings is 1. The molecule has 0 aliphatic rings. The number of anilines is 1. The summed E-state index contributed by atoms with van der Waals surface area (Å²) in [6, 6.07) is 1.29. The summed E-state index contributed by atoms with van der Waals surface area (Å²) >= 11 is 0. The Hall–Kier alpha value is -1.86. The summed E-state index contributed by atoms with van der Waals surface area (Å²) < 4.78 is 36.2. The van der Waals surface area contributed by atoms with E-state index in [1.807, 2.05) is 0 Å². The molecule has 0 aliphatic carbocycles. The molecular weight excluding hydrogens is 203 g/mol. The number of alkyl halides is 3. The van der Waals surface area contributed by atoms with Gasteiger partial charge in [-0.3, -0.25) is 0 Å². The summed E-state index contributed by atoms with van der Waals surface area (Å²) in [6.07, 6.45) is -4.74. The second kappa shape index (κ2) is 3.13. The molecule has 0 bridgehead atoms. The number of hydrogen-bond donors (Lipinski definition) is 1. The highest BCUT2D eigenvalue weighted by atomic mass is 19.4. The van der Waals surface area contributed by atoms with Crippen LogP contribution in [0.5, 0.6) is 0 Å². The van der Waals surface area contributed by atoms with Gasteiger partial charge in [0.2, 0.25) is 0 Å². The Morgan fingerprint density at radius 1 is 1.43 bits per heavy atom. The van der Waals surface area contributed by atoms with Crippen LogP contribution >= 0.6 is 0 Å². The lowest BCUT2D eigenvalue weighted by atomic mass is 10.3. The zero-order chi connectivity index (χ0) is 10.9. The molecule has 0 amide bonds. The van der Waals surface area contributed by atoms with Gasteiger partial charge in [0.05, 0.1) is 6.07 Å². The highest BCUT2D eigenvalue weighted by Crippen LogP contribution is 2.30. The van der Waals surface area contributed by atoms with Crippen LogP contribution in [0.3, 0.4) is 0 Å². The van der Waals surface area contributed by atoms with Gasteiger partial charge in [-0.25, -0.2) is 0 Å². The highest BCUT2D eigenvalue weighted by Gasteiger charge is 2.38. The van der Waals surface area contributed by atoms with E-state index in [4.69, 9.17) is 5.73 Å². The first-order valence-corrected chi connectivity index (χ1v) is 3.30. The summed E-state index contributed by atoms with van der Waals surface area (Å²) in [4.78, 5) is 11.9. The minimum atomic E-state index is -4.74. The molecule has 0 saturated heterocycles. The Labute approximate surface area is 75.5 Å². The van der Waals surface area contributed by atoms with Crippen molar-refractivity contribution in [1.82, 2.24) is 4.98 Å². The standard InChI is InChI=1S/C6H4F3N3O2/c7-6(8,9)4-1-3(10)2-5(11-4)12(13)14/h1-2H,(H2,10,11). The number of hydrogen-bond acceptors (Lipinski definition) is 4. The first kappa shape index (κ1) is 10.2. The fourth-order valence-electron chi connectivity index (χ4n) is 0.775. The van der Waals surface area contributed by atoms with Crippen LogP contribution in [-0.2, 0) is 6.18 Å². The average Bonchev–Trinajstić information content (AvgIpc) is 2.01. The molecule has 0 aliphatic heterocycles. The number of halogens is 3. The van der Waals surface area contributed by atoms with E-state index in [0.29, 0.717) is 6.07 Å². The smallest absolute Gasteiger partial charge is 0.398 e. The van der Waals surface area contributed by atoms with E-state index in [9.17, 15) is 23.3 Å². The lowest BCUT2D eigenvalue weighted by Gasteiger charge is -2.02. The second-order valence-electron chi connectivity index (χ2n) is 2.40. The fraction of sp³-hybridized carbons (Fsp3) is 0.167. The van der Waals surface area contributed by atoms with Crippen LogP contribution in [0.4, 0.5) is 24.7 Å². The van der Waals surface area contributed by atoms with Gasteiger partial charge in [0.15, 0.2) is 0 Å². The highest BCUT2D eigenvalue weighted by molar-refractivity contribution is 5.45. The average molecular weight is 207 g/mol. The van der Waals surface area contributed by atoms with Crippen molar-refractivity contribution in [3.8, 4) is 0 Å². The van der Waals surface area contributed by atoms with Crippen molar-refractivity contribution in [2.24, 2.45) is 0 Å². The molecule has 5 nitrogen and oxygen atoms in total. The predicted octanol–water partition coefficient (Wildman–Crippen LogP) is 1.59. The number of nitrogens with zero attached hydrogens (tertiary/aromatic N) is 2. The van der Waals surface area contributed by atoms with Gasteiger partial charge >= 0.3 is 12.0 Å². The van der Waals surface area contributed by atoms with Crippen molar-refractivity contribution in [1.29, 1.82) is 0 Å². The maximum absolute atomic E-state index is 12.1. The zero-order valence-electron chi connectivity index (χ0n) is 6.58. The number of aromatic nitrogens is 1. The van der Waals surface area contributed by atoms with Crippen molar-refractivity contribution in [2.45, 2.75) is 6.18 Å². The third kappa shape index (κ3) is 2.09. The Balaban J connectivity index is 3.28. The summed E-state index contributed by atoms with van der Waals surface area (Å²) in [5.41, 5.74) is 3.33. The summed E-state index contributed by atoms with van der Waals surface area (Å²) in [7, 11) is 0. The first-order chi connectivity index (χ1) is 6.30. The topological polar surface area (TPSA) is 82.0 Å². The van der Waals surface area contributed by atoms with Crippen LogP contribution in [0, 0.1) is 10.1 Å². The van der Waals surface area contributed by atoms with Gasteiger partial charge in [-0.1, -0.05) is 0 Å². The maximum atomic E-state index is 12.1. The molecule has 2 N–H and O–H groups in total. The minimum Gasteiger partial charge on any atom is -0.398 e. The van der Waals surface area contributed by atoms with Crippen LogP contribution < -0.4 is 5.73 Å². The van der Waals surface area contributed by atoms with Gasteiger partial charge in [0.1, 0.15) is 0 Å². The molecule has 14 heavy (non-hydrogen) atoms. The molecule has 0 atom stereocenters. The van der Waals surface area contributed by atoms with Crippen molar-refractivity contribution in [2.75, 3.05) is 5.73 Å². The van der Waals surface area contributed by atoms with Crippen molar-refractivity contribution in [3.63, 3.8) is 0 Å². The molecule has 0 radical (unpaired) electrons. The summed E-state index contributed by atoms with van der Waals surface area (Å²) in [6.45, 7) is 0. The Kier molecular flexibility index (Phi) is 2.28. The van der Waals surface area contributed by atoms with Gasteiger partial charge in [0.25, 0.3) is 5.69 Å². The van der Waals surface area contributed by atoms with Crippen molar-refractivity contribution >= 4 is 11.5 Å². The van der Waals surface area contributed by atoms with Crippen LogP contribution in [0.2, 0.25) is 0 Å². The van der Waals surface area contributed by atoms with E-state index in [1.54, 1.807) is 0 Å². The van der Waals surface area contributed by atoms with Gasteiger partial charge in [-0.2, -0.15) is 13.2 Å². The lowest BCUT2D eigenvalue weighted by molar-refractivity contribution is -0.389. The van der Waals surface area contributed by atoms with Crippen molar-refractivity contribution in [3.05, 3.63) is 27.9 Å². The first-order valence-electron chi connectivity index (χ1n) is 3.30. The Morgan fingerprint density at radius 2 is 2.00 bits per heavy atom. The summed E-state index contributed by atoms with van der Waals surface area (Å²) in [5, 5.41) is 10.2. The largest absolute Gasteiger partial charge is 0.458 e. The molecule has 0 aromatic carbocycles. The molecule has 0 unspecified atom stereocenters. The molecular formula is C6H4F3N3O2. The van der Waals surface area contributed by atoms with Crippen LogP contribution in [0.25, 0.3) is 0 Å². The number of nitrogens with two attached hydrogens (primary N) is 1. The fourth-order valence-corrected chi connectivity index (χ4v) is 0.775. The quantitative estimate of drug-likeness (QED) is 0.559. The van der Waals surface area contributed by atoms with Crippen LogP contribution in [-0.4, -0.2) is 9.91 Å². The van der Waals surface area contributed by atoms with Gasteiger partial charge in [-0.05, 0) is 9.91 Å². The normalized spacial score (nSPS) is 11.4. The van der Waals surface area contributed by atoms with Crippen LogP contribution in [0.1, 0.15) is 5.69 Å². The van der Waals surface area contributed by atoms with E-state index in [2.05, 4.69) is 4.98 Å². The molecule has 8 heteroatoms. The minimum absolute atomic E-state index is 0.348. The zero-order valence-corrected chi connectivity index (χ0v) is 6.58. The van der Waals surface area contributed by atoms with E-state index in [1.165, 1.54) is 0 Å². The Morgan fingerprint density at radius 3 is 2.43 bits per heavy atom. The van der Waals surface area contributed by atoms with Gasteiger partial charge in [-0.15, -0.1) is 0 Å². The molecule has 0 spiro atoms. The Bertz CT molecular complexity index is 377. The number of rotatable bonds is 1. The molecule has 0 fully saturated rings. The van der Waals surface area contributed by atoms with E-state index < -0.39 is 22.6 Å². The second-order valence-corrected chi connectivity index (χ2v) is 2.40. The molecule has 0 saturated carbocycles. The summed E-state index contributed by atoms with van der Waals surface area (Å²) in [5.74, 6) is -0.919. The third-order valence-electron chi connectivity index (χ3n) is 1.31. The van der Waals surface area contributed by atoms with Crippen molar-refractivity contribution < 1.29 is 18.1 Å². The third-order valence-corrected chi connectivity index (χ3v) is 1.31. The van der Waals surface area contributed by atoms with E-state index in [-0.39, 0.29) is 5.69 Å². The SMILES string of the molecule is Nc1cc([N+](=O)[O-])nc(C(F)(F)F)c1.